The fourth-order valence-corrected chi connectivity index (χ4v) is 2.12. The number of halogens is 1. The maximum absolute atomic E-state index is 12.3. The Bertz CT molecular complexity index is 507. The second-order valence-corrected chi connectivity index (χ2v) is 5.43. The van der Waals surface area contributed by atoms with Crippen LogP contribution in [0.1, 0.15) is 59.8 Å². The van der Waals surface area contributed by atoms with E-state index in [1.54, 1.807) is 6.92 Å². The van der Waals surface area contributed by atoms with Crippen LogP contribution in [0.25, 0.3) is 0 Å². The molecule has 4 N–H and O–H groups in total. The number of H-pyrrole nitrogens is 1. The number of nitrogens with two attached hydrogens (primary N) is 1. The maximum atomic E-state index is 12.3. The smallest absolute Gasteiger partial charge is 0.268 e. The van der Waals surface area contributed by atoms with Crippen LogP contribution < -0.4 is 11.1 Å². The predicted molar refractivity (Wildman–Crippen MR) is 82.8 cm³/mol. The first-order valence-corrected chi connectivity index (χ1v) is 6.48. The average Bonchev–Trinajstić information content (AvgIpc) is 2.65. The number of aromatic nitrogens is 1. The van der Waals surface area contributed by atoms with Gasteiger partial charge < -0.3 is 16.0 Å². The molecule has 0 bridgehead atoms. The number of carbonyl (C=O) groups is 2. The van der Waals surface area contributed by atoms with Gasteiger partial charge in [-0.3, -0.25) is 9.59 Å². The third-order valence-corrected chi connectivity index (χ3v) is 3.19. The summed E-state index contributed by atoms with van der Waals surface area (Å²) in [7, 11) is 0. The van der Waals surface area contributed by atoms with Gasteiger partial charge in [-0.1, -0.05) is 6.92 Å². The van der Waals surface area contributed by atoms with Crippen LogP contribution in [0.5, 0.6) is 0 Å². The number of Topliss-reactive ketones (excluding diaryl/α,β-unsaturated/α-hetero) is 1. The minimum Gasteiger partial charge on any atom is -0.354 e. The Kier molecular flexibility index (Phi) is 6.44. The second kappa shape index (κ2) is 6.90. The normalized spacial score (nSPS) is 10.9. The zero-order valence-electron chi connectivity index (χ0n) is 12.7. The summed E-state index contributed by atoms with van der Waals surface area (Å²) in [4.78, 5) is 26.9. The molecule has 6 heteroatoms. The molecule has 1 heterocycles. The number of aromatic amines is 1. The number of nitrogens with one attached hydrogen (secondary N) is 2. The zero-order chi connectivity index (χ0) is 14.8. The summed E-state index contributed by atoms with van der Waals surface area (Å²) in [5.74, 6) is -0.245. The lowest BCUT2D eigenvalue weighted by Gasteiger charge is -2.24. The largest absolute Gasteiger partial charge is 0.354 e. The first-order valence-electron chi connectivity index (χ1n) is 6.48. The highest BCUT2D eigenvalue weighted by Gasteiger charge is 2.25. The SMILES string of the molecule is CCc1c(C(=O)NC(C)(C)CN)[nH]c(C)c1C(C)=O.Cl. The van der Waals surface area contributed by atoms with Gasteiger partial charge in [-0.2, -0.15) is 0 Å². The molecule has 5 nitrogen and oxygen atoms in total. The van der Waals surface area contributed by atoms with Gasteiger partial charge in [0.15, 0.2) is 5.78 Å². The van der Waals surface area contributed by atoms with Crippen molar-refractivity contribution in [2.45, 2.75) is 46.6 Å². The van der Waals surface area contributed by atoms with E-state index in [2.05, 4.69) is 10.3 Å². The van der Waals surface area contributed by atoms with Crippen LogP contribution >= 0.6 is 12.4 Å². The molecular formula is C14H24ClN3O2. The highest BCUT2D eigenvalue weighted by Crippen LogP contribution is 2.20. The quantitative estimate of drug-likeness (QED) is 0.727. The summed E-state index contributed by atoms with van der Waals surface area (Å²) in [6.07, 6.45) is 0.630. The van der Waals surface area contributed by atoms with Crippen molar-refractivity contribution in [3.8, 4) is 0 Å². The van der Waals surface area contributed by atoms with Crippen molar-refractivity contribution >= 4 is 24.1 Å². The molecule has 0 aliphatic rings. The standard InChI is InChI=1S/C14H23N3O2.ClH/c1-6-10-11(9(3)18)8(2)16-12(10)13(19)17-14(4,5)7-15;/h16H,6-7,15H2,1-5H3,(H,17,19);1H. The molecule has 114 valence electrons. The first-order chi connectivity index (χ1) is 8.73. The van der Waals surface area contributed by atoms with E-state index in [4.69, 9.17) is 5.73 Å². The van der Waals surface area contributed by atoms with Crippen molar-refractivity contribution in [1.82, 2.24) is 10.3 Å². The number of amides is 1. The number of aryl methyl sites for hydroxylation is 1. The van der Waals surface area contributed by atoms with Gasteiger partial charge in [0, 0.05) is 23.3 Å². The Morgan fingerprint density at radius 2 is 1.90 bits per heavy atom. The van der Waals surface area contributed by atoms with Crippen LogP contribution in [0, 0.1) is 6.92 Å². The fourth-order valence-electron chi connectivity index (χ4n) is 2.12. The van der Waals surface area contributed by atoms with Crippen molar-refractivity contribution < 1.29 is 9.59 Å². The van der Waals surface area contributed by atoms with E-state index >= 15 is 0 Å². The summed E-state index contributed by atoms with van der Waals surface area (Å²) in [5, 5.41) is 2.87. The van der Waals surface area contributed by atoms with Crippen LogP contribution in [0.4, 0.5) is 0 Å². The first kappa shape index (κ1) is 18.7. The summed E-state index contributed by atoms with van der Waals surface area (Å²) in [5.41, 5.74) is 7.73. The Balaban J connectivity index is 0.00000361. The Hall–Kier alpha value is -1.33. The van der Waals surface area contributed by atoms with E-state index < -0.39 is 5.54 Å². The maximum Gasteiger partial charge on any atom is 0.268 e. The Morgan fingerprint density at radius 3 is 2.30 bits per heavy atom. The van der Waals surface area contributed by atoms with Gasteiger partial charge in [-0.25, -0.2) is 0 Å². The van der Waals surface area contributed by atoms with E-state index in [0.717, 1.165) is 11.3 Å². The van der Waals surface area contributed by atoms with Gasteiger partial charge in [-0.15, -0.1) is 12.4 Å². The summed E-state index contributed by atoms with van der Waals surface area (Å²) in [6.45, 7) is 9.32. The minimum absolute atomic E-state index is 0. The van der Waals surface area contributed by atoms with Gasteiger partial charge in [0.1, 0.15) is 5.69 Å². The average molecular weight is 302 g/mol. The lowest BCUT2D eigenvalue weighted by atomic mass is 10.0. The van der Waals surface area contributed by atoms with Gasteiger partial charge in [0.2, 0.25) is 0 Å². The number of hydrogen-bond acceptors (Lipinski definition) is 3. The predicted octanol–water partition coefficient (Wildman–Crippen LogP) is 1.98. The zero-order valence-corrected chi connectivity index (χ0v) is 13.5. The van der Waals surface area contributed by atoms with Crippen molar-refractivity contribution in [3.63, 3.8) is 0 Å². The molecule has 0 spiro atoms. The minimum atomic E-state index is -0.475. The van der Waals surface area contributed by atoms with Crippen LogP contribution in [0.3, 0.4) is 0 Å². The summed E-state index contributed by atoms with van der Waals surface area (Å²) < 4.78 is 0. The van der Waals surface area contributed by atoms with E-state index in [1.165, 1.54) is 6.92 Å². The summed E-state index contributed by atoms with van der Waals surface area (Å²) in [6, 6.07) is 0. The van der Waals surface area contributed by atoms with E-state index in [-0.39, 0.29) is 24.1 Å². The van der Waals surface area contributed by atoms with Crippen LogP contribution in [-0.4, -0.2) is 28.8 Å². The fraction of sp³-hybridized carbons (Fsp3) is 0.571. The Labute approximate surface area is 126 Å². The molecular weight excluding hydrogens is 278 g/mol. The van der Waals surface area contributed by atoms with Crippen LogP contribution in [0.2, 0.25) is 0 Å². The molecule has 1 aromatic heterocycles. The number of carbonyl (C=O) groups excluding carboxylic acids is 2. The highest BCUT2D eigenvalue weighted by molar-refractivity contribution is 6.02. The monoisotopic (exact) mass is 301 g/mol. The number of ketones is 1. The van der Waals surface area contributed by atoms with Crippen LogP contribution in [-0.2, 0) is 6.42 Å². The van der Waals surface area contributed by atoms with Crippen molar-refractivity contribution in [2.75, 3.05) is 6.54 Å². The Morgan fingerprint density at radius 1 is 1.35 bits per heavy atom. The molecule has 1 amide bonds. The van der Waals surface area contributed by atoms with Gasteiger partial charge in [-0.05, 0) is 39.7 Å². The van der Waals surface area contributed by atoms with E-state index in [0.29, 0.717) is 24.2 Å². The van der Waals surface area contributed by atoms with Gasteiger partial charge in [0.25, 0.3) is 5.91 Å². The molecule has 0 atom stereocenters. The summed E-state index contributed by atoms with van der Waals surface area (Å²) >= 11 is 0. The molecule has 1 rings (SSSR count). The molecule has 0 radical (unpaired) electrons. The molecule has 0 fully saturated rings. The second-order valence-electron chi connectivity index (χ2n) is 5.43. The number of hydrogen-bond donors (Lipinski definition) is 3. The lowest BCUT2D eigenvalue weighted by molar-refractivity contribution is 0.0910. The van der Waals surface area contributed by atoms with Crippen molar-refractivity contribution in [1.29, 1.82) is 0 Å². The molecule has 0 unspecified atom stereocenters. The van der Waals surface area contributed by atoms with Gasteiger partial charge in [0.05, 0.1) is 0 Å². The van der Waals surface area contributed by atoms with E-state index in [9.17, 15) is 9.59 Å². The topological polar surface area (TPSA) is 88.0 Å². The number of rotatable bonds is 5. The third-order valence-electron chi connectivity index (χ3n) is 3.19. The van der Waals surface area contributed by atoms with Crippen molar-refractivity contribution in [2.24, 2.45) is 5.73 Å². The molecule has 0 aliphatic heterocycles. The molecule has 0 aromatic carbocycles. The molecule has 0 saturated carbocycles. The highest BCUT2D eigenvalue weighted by atomic mass is 35.5. The lowest BCUT2D eigenvalue weighted by Crippen LogP contribution is -2.49. The molecule has 1 aromatic rings. The van der Waals surface area contributed by atoms with Gasteiger partial charge >= 0.3 is 0 Å². The van der Waals surface area contributed by atoms with Crippen molar-refractivity contribution in [3.05, 3.63) is 22.5 Å². The third kappa shape index (κ3) is 3.84. The molecule has 20 heavy (non-hydrogen) atoms. The molecule has 0 saturated heterocycles. The van der Waals surface area contributed by atoms with E-state index in [1.807, 2.05) is 20.8 Å². The molecule has 0 aliphatic carbocycles. The van der Waals surface area contributed by atoms with Crippen LogP contribution in [0.15, 0.2) is 0 Å².